The molecule has 7 heteroatoms. The van der Waals surface area contributed by atoms with Crippen molar-refractivity contribution >= 4 is 45.9 Å². The van der Waals surface area contributed by atoms with Gasteiger partial charge in [-0.2, -0.15) is 5.10 Å². The monoisotopic (exact) mass is 439 g/mol. The van der Waals surface area contributed by atoms with Crippen LogP contribution >= 0.6 is 34.5 Å². The average Bonchev–Trinajstić information content (AvgIpc) is 3.21. The Morgan fingerprint density at radius 1 is 0.897 bits per heavy atom. The van der Waals surface area contributed by atoms with E-state index >= 15 is 0 Å². The van der Waals surface area contributed by atoms with E-state index in [0.717, 1.165) is 22.0 Å². The van der Waals surface area contributed by atoms with E-state index in [1.807, 2.05) is 60.0 Å². The summed E-state index contributed by atoms with van der Waals surface area (Å²) in [4.78, 5) is 4.55. The van der Waals surface area contributed by atoms with Gasteiger partial charge >= 0.3 is 0 Å². The maximum absolute atomic E-state index is 6.03. The van der Waals surface area contributed by atoms with Crippen LogP contribution in [0.25, 0.3) is 11.3 Å². The molecule has 0 amide bonds. The number of halogens is 2. The molecule has 0 saturated carbocycles. The van der Waals surface area contributed by atoms with E-state index in [0.29, 0.717) is 21.5 Å². The summed E-state index contributed by atoms with van der Waals surface area (Å²) in [7, 11) is 0. The lowest BCUT2D eigenvalue weighted by Gasteiger charge is -2.07. The number of hydrazone groups is 1. The van der Waals surface area contributed by atoms with E-state index in [9.17, 15) is 0 Å². The molecule has 0 bridgehead atoms. The molecule has 0 atom stereocenters. The zero-order valence-electron chi connectivity index (χ0n) is 15.0. The van der Waals surface area contributed by atoms with E-state index in [-0.39, 0.29) is 0 Å². The van der Waals surface area contributed by atoms with Gasteiger partial charge in [0.25, 0.3) is 0 Å². The summed E-state index contributed by atoms with van der Waals surface area (Å²) in [6.07, 6.45) is 1.71. The first-order valence-corrected chi connectivity index (χ1v) is 10.3. The quantitative estimate of drug-likeness (QED) is 0.252. The molecular weight excluding hydrogens is 425 g/mol. The maximum atomic E-state index is 6.03. The summed E-state index contributed by atoms with van der Waals surface area (Å²) in [6.45, 7) is 0. The fourth-order valence-electron chi connectivity index (χ4n) is 2.56. The molecule has 0 aliphatic rings. The minimum absolute atomic E-state index is 0.449. The predicted molar refractivity (Wildman–Crippen MR) is 122 cm³/mol. The highest BCUT2D eigenvalue weighted by molar-refractivity contribution is 7.14. The van der Waals surface area contributed by atoms with Gasteiger partial charge in [0, 0.05) is 17.0 Å². The topological polar surface area (TPSA) is 46.5 Å². The number of benzene rings is 3. The van der Waals surface area contributed by atoms with Crippen molar-refractivity contribution in [1.82, 2.24) is 4.98 Å². The smallest absolute Gasteiger partial charge is 0.203 e. The number of aromatic nitrogens is 1. The number of nitrogens with zero attached hydrogens (tertiary/aromatic N) is 2. The van der Waals surface area contributed by atoms with Crippen LogP contribution in [-0.2, 0) is 0 Å². The van der Waals surface area contributed by atoms with Crippen LogP contribution in [0.15, 0.2) is 83.3 Å². The second-order valence-electron chi connectivity index (χ2n) is 6.02. The molecule has 0 radical (unpaired) electrons. The third-order valence-corrected chi connectivity index (χ3v) is 5.42. The second kappa shape index (κ2) is 9.09. The Balaban J connectivity index is 1.41. The van der Waals surface area contributed by atoms with Crippen LogP contribution in [0.4, 0.5) is 5.13 Å². The molecule has 0 unspecified atom stereocenters. The summed E-state index contributed by atoms with van der Waals surface area (Å²) in [6, 6.07) is 22.7. The van der Waals surface area contributed by atoms with E-state index in [4.69, 9.17) is 27.9 Å². The number of hydrogen-bond acceptors (Lipinski definition) is 5. The van der Waals surface area contributed by atoms with Crippen molar-refractivity contribution in [3.63, 3.8) is 0 Å². The molecule has 4 aromatic rings. The van der Waals surface area contributed by atoms with Crippen molar-refractivity contribution in [1.29, 1.82) is 0 Å². The standard InChI is InChI=1S/C22H15Cl2N3OS/c23-19-10-9-18(12-20(19)24)28-17-8-4-5-15(11-17)13-25-27-22-26-21(14-29-22)16-6-2-1-3-7-16/h1-14H,(H,26,27). The van der Waals surface area contributed by atoms with E-state index < -0.39 is 0 Å². The number of anilines is 1. The van der Waals surface area contributed by atoms with Gasteiger partial charge in [0.05, 0.1) is 22.0 Å². The minimum Gasteiger partial charge on any atom is -0.457 e. The largest absolute Gasteiger partial charge is 0.457 e. The zero-order valence-corrected chi connectivity index (χ0v) is 17.4. The Morgan fingerprint density at radius 3 is 2.55 bits per heavy atom. The first kappa shape index (κ1) is 19.5. The molecular formula is C22H15Cl2N3OS. The molecule has 1 N–H and O–H groups in total. The first-order valence-electron chi connectivity index (χ1n) is 8.70. The SMILES string of the molecule is Clc1ccc(Oc2cccc(C=NNc3nc(-c4ccccc4)cs3)c2)cc1Cl. The van der Waals surface area contributed by atoms with E-state index in [1.165, 1.54) is 11.3 Å². The molecule has 29 heavy (non-hydrogen) atoms. The van der Waals surface area contributed by atoms with Gasteiger partial charge in [-0.15, -0.1) is 11.3 Å². The van der Waals surface area contributed by atoms with Gasteiger partial charge < -0.3 is 4.74 Å². The highest BCUT2D eigenvalue weighted by atomic mass is 35.5. The molecule has 4 nitrogen and oxygen atoms in total. The van der Waals surface area contributed by atoms with Crippen molar-refractivity contribution in [3.05, 3.63) is 93.8 Å². The van der Waals surface area contributed by atoms with Gasteiger partial charge in [-0.25, -0.2) is 4.98 Å². The van der Waals surface area contributed by atoms with Crippen molar-refractivity contribution in [2.24, 2.45) is 5.10 Å². The lowest BCUT2D eigenvalue weighted by molar-refractivity contribution is 0.482. The fourth-order valence-corrected chi connectivity index (χ4v) is 3.52. The Bertz CT molecular complexity index is 1150. The van der Waals surface area contributed by atoms with Gasteiger partial charge in [0.15, 0.2) is 0 Å². The summed E-state index contributed by atoms with van der Waals surface area (Å²) < 4.78 is 5.84. The molecule has 1 aromatic heterocycles. The van der Waals surface area contributed by atoms with Crippen molar-refractivity contribution < 1.29 is 4.74 Å². The van der Waals surface area contributed by atoms with E-state index in [2.05, 4.69) is 15.5 Å². The Morgan fingerprint density at radius 2 is 1.72 bits per heavy atom. The van der Waals surface area contributed by atoms with Crippen LogP contribution in [0, 0.1) is 0 Å². The van der Waals surface area contributed by atoms with Gasteiger partial charge in [0.2, 0.25) is 5.13 Å². The number of rotatable bonds is 6. The number of ether oxygens (including phenoxy) is 1. The number of thiazole rings is 1. The molecule has 0 spiro atoms. The zero-order chi connectivity index (χ0) is 20.1. The highest BCUT2D eigenvalue weighted by Crippen LogP contribution is 2.29. The van der Waals surface area contributed by atoms with Crippen LogP contribution in [0.2, 0.25) is 10.0 Å². The predicted octanol–water partition coefficient (Wildman–Crippen LogP) is 7.36. The van der Waals surface area contributed by atoms with Crippen LogP contribution < -0.4 is 10.2 Å². The van der Waals surface area contributed by atoms with Gasteiger partial charge in [0.1, 0.15) is 11.5 Å². The van der Waals surface area contributed by atoms with Crippen LogP contribution in [0.1, 0.15) is 5.56 Å². The van der Waals surface area contributed by atoms with Gasteiger partial charge in [-0.05, 0) is 29.8 Å². The Hall–Kier alpha value is -2.86. The Labute approximate surface area is 182 Å². The normalized spacial score (nSPS) is 11.0. The molecule has 0 saturated heterocycles. The molecule has 144 valence electrons. The molecule has 3 aromatic carbocycles. The minimum atomic E-state index is 0.449. The Kier molecular flexibility index (Phi) is 6.10. The summed E-state index contributed by atoms with van der Waals surface area (Å²) in [5, 5.41) is 7.93. The molecule has 0 fully saturated rings. The van der Waals surface area contributed by atoms with Crippen molar-refractivity contribution in [3.8, 4) is 22.8 Å². The third kappa shape index (κ3) is 5.15. The lowest BCUT2D eigenvalue weighted by atomic mass is 10.2. The molecule has 1 heterocycles. The second-order valence-corrected chi connectivity index (χ2v) is 7.70. The van der Waals surface area contributed by atoms with Crippen LogP contribution in [-0.4, -0.2) is 11.2 Å². The van der Waals surface area contributed by atoms with Crippen molar-refractivity contribution in [2.75, 3.05) is 5.43 Å². The van der Waals surface area contributed by atoms with Gasteiger partial charge in [-0.3, -0.25) is 5.43 Å². The van der Waals surface area contributed by atoms with Crippen LogP contribution in [0.5, 0.6) is 11.5 Å². The lowest BCUT2D eigenvalue weighted by Crippen LogP contribution is -1.91. The highest BCUT2D eigenvalue weighted by Gasteiger charge is 2.04. The number of hydrogen-bond donors (Lipinski definition) is 1. The molecule has 0 aliphatic heterocycles. The van der Waals surface area contributed by atoms with Crippen molar-refractivity contribution in [2.45, 2.75) is 0 Å². The number of nitrogens with one attached hydrogen (secondary N) is 1. The third-order valence-electron chi connectivity index (χ3n) is 3.93. The summed E-state index contributed by atoms with van der Waals surface area (Å²) in [5.41, 5.74) is 5.85. The maximum Gasteiger partial charge on any atom is 0.203 e. The average molecular weight is 440 g/mol. The molecule has 4 rings (SSSR count). The van der Waals surface area contributed by atoms with Crippen LogP contribution in [0.3, 0.4) is 0 Å². The fraction of sp³-hybridized carbons (Fsp3) is 0. The first-order chi connectivity index (χ1) is 14.2. The molecule has 0 aliphatic carbocycles. The van der Waals surface area contributed by atoms with E-state index in [1.54, 1.807) is 24.4 Å². The summed E-state index contributed by atoms with van der Waals surface area (Å²) >= 11 is 13.5. The van der Waals surface area contributed by atoms with Gasteiger partial charge in [-0.1, -0.05) is 65.7 Å². The summed E-state index contributed by atoms with van der Waals surface area (Å²) in [5.74, 6) is 1.29.